The number of nitrogens with one attached hydrogen (secondary N) is 3. The smallest absolute Gasteiger partial charge is 0.251 e. The van der Waals surface area contributed by atoms with Crippen LogP contribution in [-0.2, 0) is 4.79 Å². The summed E-state index contributed by atoms with van der Waals surface area (Å²) >= 11 is 3.53. The Morgan fingerprint density at radius 1 is 0.913 bits per heavy atom. The molecule has 0 spiro atoms. The second-order valence-corrected chi connectivity index (χ2v) is 10.8. The number of likely N-dealkylation sites (N-methyl/N-ethyl adjacent to an activating group) is 1. The molecule has 0 atom stereocenters. The van der Waals surface area contributed by atoms with Crippen molar-refractivity contribution in [1.82, 2.24) is 10.6 Å². The molecule has 5 nitrogen and oxygen atoms in total. The van der Waals surface area contributed by atoms with E-state index in [9.17, 15) is 27.2 Å². The van der Waals surface area contributed by atoms with Gasteiger partial charge in [-0.15, -0.1) is 0 Å². The standard InChI is InChI=1S/C33H35F4N3O2.C2H6.CH4S/c1-20-13-29(39-16-22-7-8-22)28(24-5-4-6-25(14-24)31(41)40-33(17-34,18-35)19-36)15-27(20)30(32(42)38-3)21(2)23-9-11-26(37)12-10-23;2*1-2/h4-6,9-15,22,39H,7-8,16-19H2,1-3H3,(H,38,42)(H,40,41);1-2H3;2H,1H3/b30-21-;;. The van der Waals surface area contributed by atoms with Gasteiger partial charge in [0.05, 0.1) is 5.57 Å². The number of hydrogen-bond acceptors (Lipinski definition) is 4. The van der Waals surface area contributed by atoms with Crippen LogP contribution in [0.15, 0.2) is 60.7 Å². The molecule has 0 radical (unpaired) electrons. The van der Waals surface area contributed by atoms with E-state index in [1.807, 2.05) is 32.9 Å². The number of aryl methyl sites for hydroxylation is 1. The van der Waals surface area contributed by atoms with Gasteiger partial charge in [-0.25, -0.2) is 17.6 Å². The first-order chi connectivity index (χ1) is 22.1. The lowest BCUT2D eigenvalue weighted by Crippen LogP contribution is -2.54. The molecule has 2 amide bonds. The number of rotatable bonds is 12. The second-order valence-electron chi connectivity index (χ2n) is 10.8. The number of hydrogen-bond donors (Lipinski definition) is 4. The molecule has 1 aliphatic rings. The summed E-state index contributed by atoms with van der Waals surface area (Å²) in [4.78, 5) is 26.2. The van der Waals surface area contributed by atoms with Crippen LogP contribution in [0.1, 0.15) is 60.7 Å². The number of benzene rings is 3. The van der Waals surface area contributed by atoms with Crippen LogP contribution in [0.4, 0.5) is 23.2 Å². The van der Waals surface area contributed by atoms with Crippen LogP contribution in [0.25, 0.3) is 22.3 Å². The van der Waals surface area contributed by atoms with Gasteiger partial charge < -0.3 is 16.0 Å². The maximum absolute atomic E-state index is 13.6. The zero-order chi connectivity index (χ0) is 34.4. The Morgan fingerprint density at radius 3 is 2.07 bits per heavy atom. The van der Waals surface area contributed by atoms with Gasteiger partial charge in [0.15, 0.2) is 0 Å². The molecule has 3 aromatic rings. The first kappa shape index (κ1) is 38.4. The molecule has 3 N–H and O–H groups in total. The van der Waals surface area contributed by atoms with E-state index in [1.54, 1.807) is 43.5 Å². The summed E-state index contributed by atoms with van der Waals surface area (Å²) in [7, 11) is 1.54. The number of anilines is 1. The van der Waals surface area contributed by atoms with Gasteiger partial charge in [-0.05, 0) is 103 Å². The fourth-order valence-corrected chi connectivity index (χ4v) is 4.75. The highest BCUT2D eigenvalue weighted by molar-refractivity contribution is 7.79. The summed E-state index contributed by atoms with van der Waals surface area (Å²) < 4.78 is 54.0. The second kappa shape index (κ2) is 18.4. The van der Waals surface area contributed by atoms with E-state index in [-0.39, 0.29) is 17.3 Å². The van der Waals surface area contributed by atoms with Crippen molar-refractivity contribution < 1.29 is 27.2 Å². The summed E-state index contributed by atoms with van der Waals surface area (Å²) in [6, 6.07) is 16.2. The quantitative estimate of drug-likeness (QED) is 0.0685. The van der Waals surface area contributed by atoms with Crippen molar-refractivity contribution >= 4 is 41.3 Å². The summed E-state index contributed by atoms with van der Waals surface area (Å²) in [5.41, 5.74) is 3.19. The van der Waals surface area contributed by atoms with E-state index >= 15 is 0 Å². The maximum atomic E-state index is 13.6. The predicted molar refractivity (Wildman–Crippen MR) is 185 cm³/mol. The Balaban J connectivity index is 0.00000177. The SMILES string of the molecule is CC.CNC(=O)/C(=C(/C)c1ccc(F)cc1)c1cc(-c2cccc(C(=O)NC(CF)(CF)CF)c2)c(NCC2CC2)cc1C.CS. The minimum atomic E-state index is -2.23. The number of carbonyl (C=O) groups is 2. The fourth-order valence-electron chi connectivity index (χ4n) is 4.75. The number of amides is 2. The van der Waals surface area contributed by atoms with Gasteiger partial charge in [0, 0.05) is 30.4 Å². The molecule has 250 valence electrons. The Kier molecular flexibility index (Phi) is 15.3. The average Bonchev–Trinajstić information content (AvgIpc) is 3.94. The van der Waals surface area contributed by atoms with Crippen molar-refractivity contribution in [2.45, 2.75) is 46.1 Å². The fraction of sp³-hybridized carbons (Fsp3) is 0.389. The normalized spacial score (nSPS) is 12.8. The minimum absolute atomic E-state index is 0.104. The zero-order valence-corrected chi connectivity index (χ0v) is 28.3. The van der Waals surface area contributed by atoms with E-state index in [2.05, 4.69) is 28.6 Å². The lowest BCUT2D eigenvalue weighted by molar-refractivity contribution is -0.115. The monoisotopic (exact) mass is 659 g/mol. The molecule has 0 heterocycles. The van der Waals surface area contributed by atoms with Crippen molar-refractivity contribution in [3.8, 4) is 11.1 Å². The number of alkyl halides is 3. The van der Waals surface area contributed by atoms with E-state index < -0.39 is 31.5 Å². The summed E-state index contributed by atoms with van der Waals surface area (Å²) in [6.07, 6.45) is 3.96. The Labute approximate surface area is 275 Å². The summed E-state index contributed by atoms with van der Waals surface area (Å²) in [6.45, 7) is 4.30. The summed E-state index contributed by atoms with van der Waals surface area (Å²) in [5.74, 6) is -0.948. The molecule has 0 aliphatic heterocycles. The molecule has 0 aromatic heterocycles. The van der Waals surface area contributed by atoms with E-state index in [0.29, 0.717) is 39.3 Å². The molecular formula is C36H45F4N3O2S. The van der Waals surface area contributed by atoms with Gasteiger partial charge in [0.1, 0.15) is 31.4 Å². The maximum Gasteiger partial charge on any atom is 0.251 e. The highest BCUT2D eigenvalue weighted by atomic mass is 32.1. The third-order valence-electron chi connectivity index (χ3n) is 7.60. The first-order valence-corrected chi connectivity index (χ1v) is 16.2. The lowest BCUT2D eigenvalue weighted by atomic mass is 9.88. The minimum Gasteiger partial charge on any atom is -0.384 e. The third kappa shape index (κ3) is 9.61. The highest BCUT2D eigenvalue weighted by Gasteiger charge is 2.33. The van der Waals surface area contributed by atoms with Crippen molar-refractivity contribution in [2.75, 3.05) is 45.2 Å². The van der Waals surface area contributed by atoms with Crippen LogP contribution < -0.4 is 16.0 Å². The number of allylic oxidation sites excluding steroid dienone is 1. The van der Waals surface area contributed by atoms with Crippen molar-refractivity contribution in [2.24, 2.45) is 5.92 Å². The number of thiol groups is 1. The van der Waals surface area contributed by atoms with Crippen LogP contribution in [0.5, 0.6) is 0 Å². The molecule has 46 heavy (non-hydrogen) atoms. The van der Waals surface area contributed by atoms with Crippen molar-refractivity contribution in [1.29, 1.82) is 0 Å². The molecule has 4 rings (SSSR count). The topological polar surface area (TPSA) is 70.2 Å². The number of halogens is 4. The molecule has 0 saturated heterocycles. The van der Waals surface area contributed by atoms with E-state index in [4.69, 9.17) is 0 Å². The highest BCUT2D eigenvalue weighted by Crippen LogP contribution is 2.38. The van der Waals surface area contributed by atoms with Gasteiger partial charge in [0.25, 0.3) is 11.8 Å². The first-order valence-electron chi connectivity index (χ1n) is 15.3. The lowest BCUT2D eigenvalue weighted by Gasteiger charge is -2.25. The summed E-state index contributed by atoms with van der Waals surface area (Å²) in [5, 5.41) is 8.37. The van der Waals surface area contributed by atoms with Crippen molar-refractivity contribution in [3.05, 3.63) is 88.7 Å². The Hall–Kier alpha value is -3.79. The molecule has 3 aromatic carbocycles. The predicted octanol–water partition coefficient (Wildman–Crippen LogP) is 8.25. The van der Waals surface area contributed by atoms with Gasteiger partial charge in [-0.3, -0.25) is 9.59 Å². The van der Waals surface area contributed by atoms with Crippen LogP contribution in [0.3, 0.4) is 0 Å². The van der Waals surface area contributed by atoms with Gasteiger partial charge in [-0.2, -0.15) is 12.6 Å². The van der Waals surface area contributed by atoms with Gasteiger partial charge in [-0.1, -0.05) is 38.1 Å². The van der Waals surface area contributed by atoms with Crippen LogP contribution in [0.2, 0.25) is 0 Å². The molecular weight excluding hydrogens is 614 g/mol. The zero-order valence-electron chi connectivity index (χ0n) is 27.4. The molecule has 0 unspecified atom stereocenters. The molecule has 1 fully saturated rings. The van der Waals surface area contributed by atoms with Gasteiger partial charge >= 0.3 is 0 Å². The van der Waals surface area contributed by atoms with Crippen LogP contribution in [-0.4, -0.2) is 57.2 Å². The Bertz CT molecular complexity index is 1480. The van der Waals surface area contributed by atoms with E-state index in [1.165, 1.54) is 25.2 Å². The largest absolute Gasteiger partial charge is 0.384 e. The molecule has 1 aliphatic carbocycles. The van der Waals surface area contributed by atoms with Gasteiger partial charge in [0.2, 0.25) is 0 Å². The van der Waals surface area contributed by atoms with E-state index in [0.717, 1.165) is 30.6 Å². The van der Waals surface area contributed by atoms with Crippen molar-refractivity contribution in [3.63, 3.8) is 0 Å². The third-order valence-corrected chi connectivity index (χ3v) is 7.60. The molecule has 1 saturated carbocycles. The average molecular weight is 660 g/mol. The van der Waals surface area contributed by atoms with Crippen LogP contribution in [0, 0.1) is 18.7 Å². The number of carbonyl (C=O) groups excluding carboxylic acids is 2. The van der Waals surface area contributed by atoms with Crippen LogP contribution >= 0.6 is 12.6 Å². The molecule has 10 heteroatoms. The Morgan fingerprint density at radius 2 is 1.52 bits per heavy atom. The molecule has 0 bridgehead atoms.